The van der Waals surface area contributed by atoms with E-state index in [-0.39, 0.29) is 0 Å². The predicted octanol–water partition coefficient (Wildman–Crippen LogP) is 0.730. The van der Waals surface area contributed by atoms with Crippen molar-refractivity contribution >= 4 is 11.8 Å². The second kappa shape index (κ2) is 4.25. The third-order valence-corrected chi connectivity index (χ3v) is 2.82. The van der Waals surface area contributed by atoms with Crippen molar-refractivity contribution < 1.29 is 4.74 Å². The van der Waals surface area contributed by atoms with Gasteiger partial charge in [0.2, 0.25) is 0 Å². The van der Waals surface area contributed by atoms with E-state index in [1.54, 1.807) is 0 Å². The summed E-state index contributed by atoms with van der Waals surface area (Å²) in [5, 5.41) is 0.787. The fourth-order valence-corrected chi connectivity index (χ4v) is 1.97. The van der Waals surface area contributed by atoms with Gasteiger partial charge in [0.1, 0.15) is 0 Å². The first-order chi connectivity index (χ1) is 6.85. The van der Waals surface area contributed by atoms with Crippen LogP contribution in [0.25, 0.3) is 0 Å². The smallest absolute Gasteiger partial charge is 0.187 e. The fraction of sp³-hybridized carbons (Fsp3) is 0.556. The Balaban J connectivity index is 2.47. The largest absolute Gasteiger partial charge is 0.375 e. The molecule has 1 aliphatic heterocycles. The molecule has 0 aliphatic carbocycles. The predicted molar refractivity (Wildman–Crippen MR) is 55.1 cm³/mol. The normalized spacial score (nSPS) is 15.3. The minimum atomic E-state index is 0.485. The van der Waals surface area contributed by atoms with E-state index in [2.05, 4.69) is 9.97 Å². The molecule has 0 amide bonds. The molecule has 2 heterocycles. The number of fused-ring (bicyclic) bond motifs is 1. The van der Waals surface area contributed by atoms with Crippen molar-refractivity contribution in [2.45, 2.75) is 24.7 Å². The zero-order valence-corrected chi connectivity index (χ0v) is 8.93. The van der Waals surface area contributed by atoms with Gasteiger partial charge in [-0.15, -0.1) is 0 Å². The molecule has 2 N–H and O–H groups in total. The van der Waals surface area contributed by atoms with Crippen molar-refractivity contribution in [2.24, 2.45) is 5.73 Å². The molecule has 0 fully saturated rings. The molecular weight excluding hydrogens is 198 g/mol. The van der Waals surface area contributed by atoms with Gasteiger partial charge >= 0.3 is 0 Å². The molecule has 76 valence electrons. The van der Waals surface area contributed by atoms with E-state index < -0.39 is 0 Å². The summed E-state index contributed by atoms with van der Waals surface area (Å²) in [5.74, 6) is 0. The van der Waals surface area contributed by atoms with Crippen molar-refractivity contribution in [1.82, 2.24) is 9.97 Å². The Morgan fingerprint density at radius 2 is 2.36 bits per heavy atom. The Hall–Kier alpha value is -0.650. The number of nitrogens with two attached hydrogens (primary N) is 1. The molecule has 1 aromatic rings. The van der Waals surface area contributed by atoms with E-state index >= 15 is 0 Å². The monoisotopic (exact) mass is 211 g/mol. The molecule has 0 radical (unpaired) electrons. The van der Waals surface area contributed by atoms with Crippen LogP contribution in [0.3, 0.4) is 0 Å². The first-order valence-corrected chi connectivity index (χ1v) is 5.78. The number of rotatable bonds is 2. The Labute approximate surface area is 87.3 Å². The van der Waals surface area contributed by atoms with Gasteiger partial charge in [-0.25, -0.2) is 9.97 Å². The second-order valence-electron chi connectivity index (χ2n) is 3.09. The van der Waals surface area contributed by atoms with Gasteiger partial charge in [-0.1, -0.05) is 11.8 Å². The summed E-state index contributed by atoms with van der Waals surface area (Å²) >= 11 is 1.54. The molecule has 0 bridgehead atoms. The second-order valence-corrected chi connectivity index (χ2v) is 3.86. The third-order valence-electron chi connectivity index (χ3n) is 2.27. The lowest BCUT2D eigenvalue weighted by Gasteiger charge is -2.18. The lowest BCUT2D eigenvalue weighted by Crippen LogP contribution is -2.18. The first kappa shape index (κ1) is 9.89. The lowest BCUT2D eigenvalue weighted by molar-refractivity contribution is 0.106. The Kier molecular flexibility index (Phi) is 3.00. The highest BCUT2D eigenvalue weighted by Crippen LogP contribution is 2.20. The summed E-state index contributed by atoms with van der Waals surface area (Å²) in [4.78, 5) is 8.81. The maximum atomic E-state index is 5.66. The molecule has 4 nitrogen and oxygen atoms in total. The lowest BCUT2D eigenvalue weighted by atomic mass is 10.1. The third kappa shape index (κ3) is 1.75. The molecule has 0 spiro atoms. The Morgan fingerprint density at radius 1 is 1.50 bits per heavy atom. The number of ether oxygens (including phenoxy) is 1. The quantitative estimate of drug-likeness (QED) is 0.577. The zero-order valence-electron chi connectivity index (χ0n) is 8.12. The van der Waals surface area contributed by atoms with Gasteiger partial charge in [-0.2, -0.15) is 0 Å². The van der Waals surface area contributed by atoms with E-state index in [9.17, 15) is 0 Å². The van der Waals surface area contributed by atoms with Crippen LogP contribution in [0.2, 0.25) is 0 Å². The average Bonchev–Trinajstić information content (AvgIpc) is 2.27. The van der Waals surface area contributed by atoms with Crippen molar-refractivity contribution in [3.8, 4) is 0 Å². The number of nitrogens with zero attached hydrogens (tertiary/aromatic N) is 2. The molecule has 0 unspecified atom stereocenters. The van der Waals surface area contributed by atoms with Crippen molar-refractivity contribution in [2.75, 3.05) is 12.9 Å². The minimum Gasteiger partial charge on any atom is -0.375 e. The van der Waals surface area contributed by atoms with Crippen LogP contribution >= 0.6 is 11.8 Å². The molecule has 2 rings (SSSR count). The summed E-state index contributed by atoms with van der Waals surface area (Å²) in [7, 11) is 0. The van der Waals surface area contributed by atoms with Crippen molar-refractivity contribution in [1.29, 1.82) is 0 Å². The Bertz CT molecular complexity index is 326. The summed E-state index contributed by atoms with van der Waals surface area (Å²) in [6.45, 7) is 1.83. The highest BCUT2D eigenvalue weighted by molar-refractivity contribution is 7.98. The van der Waals surface area contributed by atoms with E-state index in [0.29, 0.717) is 13.2 Å². The maximum Gasteiger partial charge on any atom is 0.187 e. The zero-order chi connectivity index (χ0) is 9.97. The van der Waals surface area contributed by atoms with Crippen LogP contribution in [0.1, 0.15) is 17.0 Å². The van der Waals surface area contributed by atoms with Gasteiger partial charge < -0.3 is 10.5 Å². The molecule has 1 aliphatic rings. The van der Waals surface area contributed by atoms with E-state index in [4.69, 9.17) is 10.5 Å². The average molecular weight is 211 g/mol. The van der Waals surface area contributed by atoms with Crippen LogP contribution in [-0.4, -0.2) is 22.8 Å². The first-order valence-electron chi connectivity index (χ1n) is 4.55. The molecule has 0 saturated heterocycles. The van der Waals surface area contributed by atoms with Crippen molar-refractivity contribution in [3.63, 3.8) is 0 Å². The SMILES string of the molecule is CSc1nc(CN)c2c(n1)COCC2. The topological polar surface area (TPSA) is 61.0 Å². The fourth-order valence-electron chi connectivity index (χ4n) is 1.57. The molecular formula is C9H13N3OS. The summed E-state index contributed by atoms with van der Waals surface area (Å²) < 4.78 is 5.35. The number of thioether (sulfide) groups is 1. The molecule has 5 heteroatoms. The van der Waals surface area contributed by atoms with Crippen LogP contribution in [0.5, 0.6) is 0 Å². The highest BCUT2D eigenvalue weighted by atomic mass is 32.2. The van der Waals surface area contributed by atoms with Gasteiger partial charge in [0.15, 0.2) is 5.16 Å². The van der Waals surface area contributed by atoms with Crippen LogP contribution in [0, 0.1) is 0 Å². The number of hydrogen-bond acceptors (Lipinski definition) is 5. The highest BCUT2D eigenvalue weighted by Gasteiger charge is 2.16. The van der Waals surface area contributed by atoms with E-state index in [0.717, 1.165) is 29.6 Å². The van der Waals surface area contributed by atoms with Crippen LogP contribution < -0.4 is 5.73 Å². The van der Waals surface area contributed by atoms with Crippen LogP contribution in [-0.2, 0) is 24.3 Å². The molecule has 14 heavy (non-hydrogen) atoms. The van der Waals surface area contributed by atoms with Gasteiger partial charge in [0.25, 0.3) is 0 Å². The minimum absolute atomic E-state index is 0.485. The Morgan fingerprint density at radius 3 is 3.07 bits per heavy atom. The van der Waals surface area contributed by atoms with Crippen molar-refractivity contribution in [3.05, 3.63) is 17.0 Å². The summed E-state index contributed by atoms with van der Waals surface area (Å²) in [6, 6.07) is 0. The molecule has 1 aromatic heterocycles. The van der Waals surface area contributed by atoms with Gasteiger partial charge in [0.05, 0.1) is 24.6 Å². The van der Waals surface area contributed by atoms with E-state index in [1.807, 2.05) is 6.26 Å². The molecule has 0 aromatic carbocycles. The maximum absolute atomic E-state index is 5.66. The number of aromatic nitrogens is 2. The molecule has 0 saturated carbocycles. The van der Waals surface area contributed by atoms with Crippen LogP contribution in [0.15, 0.2) is 5.16 Å². The van der Waals surface area contributed by atoms with Gasteiger partial charge in [-0.05, 0) is 12.7 Å². The van der Waals surface area contributed by atoms with E-state index in [1.165, 1.54) is 17.3 Å². The summed E-state index contributed by atoms with van der Waals surface area (Å²) in [5.41, 5.74) is 8.83. The molecule has 0 atom stereocenters. The van der Waals surface area contributed by atoms with Gasteiger partial charge in [0, 0.05) is 12.1 Å². The summed E-state index contributed by atoms with van der Waals surface area (Å²) in [6.07, 6.45) is 2.85. The van der Waals surface area contributed by atoms with Gasteiger partial charge in [-0.3, -0.25) is 0 Å². The standard InChI is InChI=1S/C9H13N3OS/c1-14-9-11-7(4-10)6-2-3-13-5-8(6)12-9/h2-5,10H2,1H3. The number of hydrogen-bond donors (Lipinski definition) is 1. The van der Waals surface area contributed by atoms with Crippen LogP contribution in [0.4, 0.5) is 0 Å².